The summed E-state index contributed by atoms with van der Waals surface area (Å²) in [4.78, 5) is 21.1. The number of benzene rings is 1. The molecule has 6 heteroatoms. The Morgan fingerprint density at radius 2 is 1.91 bits per heavy atom. The minimum absolute atomic E-state index is 0.0715. The van der Waals surface area contributed by atoms with Crippen molar-refractivity contribution in [3.63, 3.8) is 0 Å². The summed E-state index contributed by atoms with van der Waals surface area (Å²) in [6, 6.07) is 3.74. The second kappa shape index (κ2) is 6.89. The molecule has 1 aromatic heterocycles. The third-order valence-corrected chi connectivity index (χ3v) is 3.94. The summed E-state index contributed by atoms with van der Waals surface area (Å²) in [5.74, 6) is -1.53. The van der Waals surface area contributed by atoms with E-state index in [9.17, 15) is 13.6 Å². The van der Waals surface area contributed by atoms with Crippen LogP contribution in [0.25, 0.3) is 0 Å². The van der Waals surface area contributed by atoms with E-state index in [0.29, 0.717) is 23.8 Å². The fraction of sp³-hybridized carbons (Fsp3) is 0.412. The largest absolute Gasteiger partial charge is 0.345 e. The zero-order valence-corrected chi connectivity index (χ0v) is 13.8. The van der Waals surface area contributed by atoms with Gasteiger partial charge in [0.05, 0.1) is 5.69 Å². The molecule has 0 bridgehead atoms. The van der Waals surface area contributed by atoms with E-state index in [1.165, 1.54) is 18.2 Å². The van der Waals surface area contributed by atoms with Crippen LogP contribution in [0.3, 0.4) is 0 Å². The summed E-state index contributed by atoms with van der Waals surface area (Å²) < 4.78 is 28.1. The van der Waals surface area contributed by atoms with E-state index in [4.69, 9.17) is 0 Å². The second-order valence-corrected chi connectivity index (χ2v) is 5.68. The van der Waals surface area contributed by atoms with Crippen LogP contribution in [0, 0.1) is 18.6 Å². The fourth-order valence-electron chi connectivity index (χ4n) is 2.64. The van der Waals surface area contributed by atoms with Crippen LogP contribution in [0.4, 0.5) is 14.7 Å². The summed E-state index contributed by atoms with van der Waals surface area (Å²) in [6.45, 7) is 5.99. The summed E-state index contributed by atoms with van der Waals surface area (Å²) in [7, 11) is 1.81. The molecule has 0 amide bonds. The Balaban J connectivity index is 2.56. The number of nitrogens with one attached hydrogen (secondary N) is 1. The minimum Gasteiger partial charge on any atom is -0.345 e. The molecule has 0 unspecified atom stereocenters. The van der Waals surface area contributed by atoms with Gasteiger partial charge in [0, 0.05) is 30.6 Å². The van der Waals surface area contributed by atoms with Gasteiger partial charge in [-0.25, -0.2) is 13.8 Å². The van der Waals surface area contributed by atoms with Crippen molar-refractivity contribution in [1.82, 2.24) is 9.97 Å². The summed E-state index contributed by atoms with van der Waals surface area (Å²) in [5, 5.41) is 0. The van der Waals surface area contributed by atoms with Crippen molar-refractivity contribution in [2.75, 3.05) is 18.5 Å². The standard InChI is InChI=1S/C17H21F2N3O/c1-5-9-22(4)17-20-15(11(3)16(23)21-17)10(2)14-12(18)7-6-8-13(14)19/h6-8,10H,5,9H2,1-4H3,(H,20,21,23)/t10-/m1/s1. The average Bonchev–Trinajstić information content (AvgIpc) is 2.49. The number of nitrogens with zero attached hydrogens (tertiary/aromatic N) is 2. The lowest BCUT2D eigenvalue weighted by atomic mass is 9.94. The summed E-state index contributed by atoms with van der Waals surface area (Å²) in [6.07, 6.45) is 0.890. The van der Waals surface area contributed by atoms with Gasteiger partial charge in [-0.15, -0.1) is 0 Å². The molecule has 2 rings (SSSR count). The highest BCUT2D eigenvalue weighted by Gasteiger charge is 2.22. The van der Waals surface area contributed by atoms with Crippen molar-refractivity contribution in [2.45, 2.75) is 33.1 Å². The van der Waals surface area contributed by atoms with Gasteiger partial charge in [-0.05, 0) is 25.5 Å². The molecule has 0 radical (unpaired) electrons. The number of rotatable bonds is 5. The Bertz CT molecular complexity index is 738. The van der Waals surface area contributed by atoms with Gasteiger partial charge in [-0.1, -0.05) is 19.9 Å². The van der Waals surface area contributed by atoms with Crippen LogP contribution in [0.5, 0.6) is 0 Å². The SMILES string of the molecule is CCCN(C)c1nc([C@H](C)c2c(F)cccc2F)c(C)c(=O)[nH]1. The normalized spacial score (nSPS) is 12.3. The van der Waals surface area contributed by atoms with Crippen molar-refractivity contribution in [3.8, 4) is 0 Å². The molecule has 1 heterocycles. The Labute approximate surface area is 134 Å². The second-order valence-electron chi connectivity index (χ2n) is 5.68. The lowest BCUT2D eigenvalue weighted by Crippen LogP contribution is -2.27. The number of aromatic amines is 1. The number of H-pyrrole nitrogens is 1. The number of anilines is 1. The van der Waals surface area contributed by atoms with Gasteiger partial charge < -0.3 is 4.90 Å². The molecule has 124 valence electrons. The van der Waals surface area contributed by atoms with Gasteiger partial charge >= 0.3 is 0 Å². The van der Waals surface area contributed by atoms with E-state index in [0.717, 1.165) is 6.42 Å². The first kappa shape index (κ1) is 17.1. The zero-order valence-electron chi connectivity index (χ0n) is 13.8. The molecule has 0 aliphatic heterocycles. The average molecular weight is 321 g/mol. The molecule has 0 spiro atoms. The van der Waals surface area contributed by atoms with Crippen LogP contribution in [0.15, 0.2) is 23.0 Å². The van der Waals surface area contributed by atoms with Crippen LogP contribution >= 0.6 is 0 Å². The van der Waals surface area contributed by atoms with Crippen molar-refractivity contribution < 1.29 is 8.78 Å². The Hall–Kier alpha value is -2.24. The van der Waals surface area contributed by atoms with Gasteiger partial charge in [-0.3, -0.25) is 9.78 Å². The van der Waals surface area contributed by atoms with Crippen LogP contribution in [0.2, 0.25) is 0 Å². The molecule has 1 N–H and O–H groups in total. The first-order chi connectivity index (χ1) is 10.9. The molecule has 23 heavy (non-hydrogen) atoms. The molecule has 2 aromatic rings. The third kappa shape index (κ3) is 3.41. The number of aromatic nitrogens is 2. The molecule has 1 atom stereocenters. The predicted octanol–water partition coefficient (Wildman–Crippen LogP) is 3.35. The predicted molar refractivity (Wildman–Crippen MR) is 87.0 cm³/mol. The van der Waals surface area contributed by atoms with Gasteiger partial charge in [0.25, 0.3) is 5.56 Å². The van der Waals surface area contributed by atoms with Gasteiger partial charge in [0.15, 0.2) is 0 Å². The molecule has 0 aliphatic carbocycles. The van der Waals surface area contributed by atoms with Gasteiger partial charge in [-0.2, -0.15) is 0 Å². The molecule has 4 nitrogen and oxygen atoms in total. The van der Waals surface area contributed by atoms with Crippen molar-refractivity contribution >= 4 is 5.95 Å². The van der Waals surface area contributed by atoms with Gasteiger partial charge in [0.1, 0.15) is 11.6 Å². The van der Waals surface area contributed by atoms with Crippen LogP contribution < -0.4 is 10.5 Å². The van der Waals surface area contributed by atoms with Gasteiger partial charge in [0.2, 0.25) is 5.95 Å². The van der Waals surface area contributed by atoms with Crippen molar-refractivity contribution in [1.29, 1.82) is 0 Å². The summed E-state index contributed by atoms with van der Waals surface area (Å²) >= 11 is 0. The minimum atomic E-state index is -0.660. The molecule has 0 saturated heterocycles. The third-order valence-electron chi connectivity index (χ3n) is 3.94. The number of hydrogen-bond donors (Lipinski definition) is 1. The molecule has 0 fully saturated rings. The quantitative estimate of drug-likeness (QED) is 0.919. The van der Waals surface area contributed by atoms with Crippen LogP contribution in [-0.2, 0) is 0 Å². The van der Waals surface area contributed by atoms with Crippen molar-refractivity contribution in [3.05, 3.63) is 57.0 Å². The summed E-state index contributed by atoms with van der Waals surface area (Å²) in [5.41, 5.74) is 0.388. The highest BCUT2D eigenvalue weighted by Crippen LogP contribution is 2.29. The number of hydrogen-bond acceptors (Lipinski definition) is 3. The highest BCUT2D eigenvalue weighted by atomic mass is 19.1. The van der Waals surface area contributed by atoms with E-state index >= 15 is 0 Å². The highest BCUT2D eigenvalue weighted by molar-refractivity contribution is 5.38. The maximum absolute atomic E-state index is 14.0. The fourth-order valence-corrected chi connectivity index (χ4v) is 2.64. The van der Waals surface area contributed by atoms with Crippen LogP contribution in [0.1, 0.15) is 43.0 Å². The molecule has 1 aromatic carbocycles. The van der Waals surface area contributed by atoms with Crippen LogP contribution in [-0.4, -0.2) is 23.6 Å². The van der Waals surface area contributed by atoms with E-state index in [2.05, 4.69) is 9.97 Å². The smallest absolute Gasteiger partial charge is 0.255 e. The molecule has 0 saturated carbocycles. The first-order valence-electron chi connectivity index (χ1n) is 7.62. The lowest BCUT2D eigenvalue weighted by Gasteiger charge is -2.20. The Morgan fingerprint density at radius 1 is 1.30 bits per heavy atom. The Morgan fingerprint density at radius 3 is 2.48 bits per heavy atom. The van der Waals surface area contributed by atoms with E-state index in [-0.39, 0.29) is 11.1 Å². The van der Waals surface area contributed by atoms with E-state index in [1.807, 2.05) is 18.9 Å². The zero-order chi connectivity index (χ0) is 17.1. The van der Waals surface area contributed by atoms with Crippen molar-refractivity contribution in [2.24, 2.45) is 0 Å². The molecule has 0 aliphatic rings. The Kier molecular flexibility index (Phi) is 5.13. The number of halogens is 2. The maximum atomic E-state index is 14.0. The topological polar surface area (TPSA) is 49.0 Å². The van der Waals surface area contributed by atoms with E-state index in [1.54, 1.807) is 13.8 Å². The maximum Gasteiger partial charge on any atom is 0.255 e. The monoisotopic (exact) mass is 321 g/mol. The lowest BCUT2D eigenvalue weighted by molar-refractivity contribution is 0.544. The van der Waals surface area contributed by atoms with E-state index < -0.39 is 17.6 Å². The first-order valence-corrected chi connectivity index (χ1v) is 7.62. The molecular formula is C17H21F2N3O. The molecular weight excluding hydrogens is 300 g/mol.